The molecule has 0 amide bonds. The molecule has 0 saturated carbocycles. The molecule has 0 aliphatic heterocycles. The smallest absolute Gasteiger partial charge is 0.423 e. The summed E-state index contributed by atoms with van der Waals surface area (Å²) in [5.41, 5.74) is 1.80. The predicted molar refractivity (Wildman–Crippen MR) is 67.9 cm³/mol. The zero-order valence-electron chi connectivity index (χ0n) is 8.15. The second-order valence-electron chi connectivity index (χ2n) is 3.30. The molecule has 76 valence electrons. The maximum absolute atomic E-state index is 8.91. The summed E-state index contributed by atoms with van der Waals surface area (Å²) in [5.74, 6) is 0. The van der Waals surface area contributed by atoms with Gasteiger partial charge in [0.1, 0.15) is 0 Å². The fraction of sp³-hybridized carbons (Fsp3) is 0.400. The third kappa shape index (κ3) is 3.26. The minimum absolute atomic E-state index is 0.516. The molecule has 0 heterocycles. The summed E-state index contributed by atoms with van der Waals surface area (Å²) in [5, 5.41) is 17.8. The van der Waals surface area contributed by atoms with Crippen molar-refractivity contribution in [2.24, 2.45) is 0 Å². The van der Waals surface area contributed by atoms with E-state index in [2.05, 4.69) is 29.5 Å². The SMILES string of the molecule is CCCC(I)c1ccc(B(O)O)cc1. The summed E-state index contributed by atoms with van der Waals surface area (Å²) in [6.07, 6.45) is 2.32. The lowest BCUT2D eigenvalue weighted by Gasteiger charge is -2.09. The first-order valence-electron chi connectivity index (χ1n) is 4.75. The number of hydrogen-bond acceptors (Lipinski definition) is 2. The molecular formula is C10H14BIO2. The molecule has 0 aromatic heterocycles. The Morgan fingerprint density at radius 3 is 2.29 bits per heavy atom. The molecule has 2 N–H and O–H groups in total. The lowest BCUT2D eigenvalue weighted by Crippen LogP contribution is -2.29. The van der Waals surface area contributed by atoms with Gasteiger partial charge in [0.05, 0.1) is 0 Å². The van der Waals surface area contributed by atoms with Crippen molar-refractivity contribution < 1.29 is 10.0 Å². The third-order valence-electron chi connectivity index (χ3n) is 2.14. The summed E-state index contributed by atoms with van der Waals surface area (Å²) in [4.78, 5) is 0. The van der Waals surface area contributed by atoms with Gasteiger partial charge in [-0.3, -0.25) is 0 Å². The van der Waals surface area contributed by atoms with Crippen LogP contribution in [0.4, 0.5) is 0 Å². The molecule has 1 rings (SSSR count). The van der Waals surface area contributed by atoms with Gasteiger partial charge in [-0.15, -0.1) is 0 Å². The summed E-state index contributed by atoms with van der Waals surface area (Å²) in [6.45, 7) is 2.16. The Balaban J connectivity index is 2.72. The highest BCUT2D eigenvalue weighted by molar-refractivity contribution is 14.1. The van der Waals surface area contributed by atoms with Crippen LogP contribution in [0.2, 0.25) is 0 Å². The van der Waals surface area contributed by atoms with Crippen LogP contribution in [-0.4, -0.2) is 17.2 Å². The summed E-state index contributed by atoms with van der Waals surface area (Å²) in [6, 6.07) is 7.45. The first-order valence-corrected chi connectivity index (χ1v) is 5.99. The fourth-order valence-corrected chi connectivity index (χ4v) is 2.34. The van der Waals surface area contributed by atoms with Crippen molar-refractivity contribution in [2.75, 3.05) is 0 Å². The maximum atomic E-state index is 8.91. The minimum Gasteiger partial charge on any atom is -0.423 e. The fourth-order valence-electron chi connectivity index (χ4n) is 1.30. The summed E-state index contributed by atoms with van der Waals surface area (Å²) >= 11 is 2.41. The van der Waals surface area contributed by atoms with Crippen LogP contribution in [0.15, 0.2) is 24.3 Å². The van der Waals surface area contributed by atoms with Gasteiger partial charge in [-0.2, -0.15) is 0 Å². The highest BCUT2D eigenvalue weighted by atomic mass is 127. The average Bonchev–Trinajstić information content (AvgIpc) is 2.18. The van der Waals surface area contributed by atoms with Crippen LogP contribution in [0.1, 0.15) is 29.3 Å². The van der Waals surface area contributed by atoms with Gasteiger partial charge >= 0.3 is 7.12 Å². The van der Waals surface area contributed by atoms with E-state index in [0.717, 1.165) is 12.8 Å². The molecule has 0 bridgehead atoms. The van der Waals surface area contributed by atoms with Crippen molar-refractivity contribution in [2.45, 2.75) is 23.7 Å². The quantitative estimate of drug-likeness (QED) is 0.504. The minimum atomic E-state index is -1.36. The molecule has 1 atom stereocenters. The van der Waals surface area contributed by atoms with Crippen LogP contribution in [0.3, 0.4) is 0 Å². The lowest BCUT2D eigenvalue weighted by molar-refractivity contribution is 0.426. The first-order chi connectivity index (χ1) is 6.65. The van der Waals surface area contributed by atoms with E-state index in [1.54, 1.807) is 12.1 Å². The first kappa shape index (κ1) is 12.0. The van der Waals surface area contributed by atoms with Crippen LogP contribution in [0.25, 0.3) is 0 Å². The van der Waals surface area contributed by atoms with E-state index in [-0.39, 0.29) is 0 Å². The van der Waals surface area contributed by atoms with Crippen molar-refractivity contribution in [1.29, 1.82) is 0 Å². The average molecular weight is 304 g/mol. The highest BCUT2D eigenvalue weighted by Gasteiger charge is 2.11. The van der Waals surface area contributed by atoms with E-state index in [9.17, 15) is 0 Å². The van der Waals surface area contributed by atoms with E-state index in [1.165, 1.54) is 5.56 Å². The second kappa shape index (κ2) is 5.73. The van der Waals surface area contributed by atoms with E-state index in [1.807, 2.05) is 12.1 Å². The monoisotopic (exact) mass is 304 g/mol. The van der Waals surface area contributed by atoms with E-state index in [4.69, 9.17) is 10.0 Å². The van der Waals surface area contributed by atoms with E-state index >= 15 is 0 Å². The van der Waals surface area contributed by atoms with Crippen LogP contribution in [-0.2, 0) is 0 Å². The maximum Gasteiger partial charge on any atom is 0.488 e. The van der Waals surface area contributed by atoms with Crippen LogP contribution < -0.4 is 5.46 Å². The molecule has 1 aromatic rings. The van der Waals surface area contributed by atoms with Gasteiger partial charge in [0.2, 0.25) is 0 Å². The van der Waals surface area contributed by atoms with E-state index in [0.29, 0.717) is 9.39 Å². The van der Waals surface area contributed by atoms with Gasteiger partial charge in [0, 0.05) is 3.92 Å². The predicted octanol–water partition coefficient (Wildman–Crippen LogP) is 1.64. The highest BCUT2D eigenvalue weighted by Crippen LogP contribution is 2.27. The molecule has 1 unspecified atom stereocenters. The molecule has 0 aliphatic rings. The lowest BCUT2D eigenvalue weighted by atomic mass is 9.80. The molecule has 0 aliphatic carbocycles. The topological polar surface area (TPSA) is 40.5 Å². The molecule has 14 heavy (non-hydrogen) atoms. The molecule has 0 radical (unpaired) electrons. The van der Waals surface area contributed by atoms with Crippen molar-refractivity contribution >= 4 is 35.2 Å². The zero-order chi connectivity index (χ0) is 10.6. The number of hydrogen-bond donors (Lipinski definition) is 2. The Morgan fingerprint density at radius 1 is 1.29 bits per heavy atom. The molecule has 0 saturated heterocycles. The van der Waals surface area contributed by atoms with Crippen LogP contribution in [0, 0.1) is 0 Å². The largest absolute Gasteiger partial charge is 0.488 e. The number of halogens is 1. The number of benzene rings is 1. The van der Waals surface area contributed by atoms with Crippen molar-refractivity contribution in [3.63, 3.8) is 0 Å². The molecule has 0 fully saturated rings. The van der Waals surface area contributed by atoms with Gasteiger partial charge in [-0.1, -0.05) is 60.2 Å². The Hall–Kier alpha value is -0.0651. The molecule has 1 aromatic carbocycles. The Kier molecular flexibility index (Phi) is 4.91. The molecule has 4 heteroatoms. The number of alkyl halides is 1. The molecule has 2 nitrogen and oxygen atoms in total. The second-order valence-corrected chi connectivity index (χ2v) is 4.80. The van der Waals surface area contributed by atoms with Gasteiger partial charge < -0.3 is 10.0 Å². The van der Waals surface area contributed by atoms with Gasteiger partial charge in [0.15, 0.2) is 0 Å². The summed E-state index contributed by atoms with van der Waals surface area (Å²) in [7, 11) is -1.36. The van der Waals surface area contributed by atoms with Crippen LogP contribution >= 0.6 is 22.6 Å². The third-order valence-corrected chi connectivity index (χ3v) is 3.48. The van der Waals surface area contributed by atoms with E-state index < -0.39 is 7.12 Å². The summed E-state index contributed by atoms with van der Waals surface area (Å²) < 4.78 is 0.516. The Morgan fingerprint density at radius 2 is 1.86 bits per heavy atom. The van der Waals surface area contributed by atoms with Crippen molar-refractivity contribution in [3.8, 4) is 0 Å². The van der Waals surface area contributed by atoms with Crippen LogP contribution in [0.5, 0.6) is 0 Å². The molecular weight excluding hydrogens is 290 g/mol. The Bertz CT molecular complexity index is 274. The van der Waals surface area contributed by atoms with Gasteiger partial charge in [0.25, 0.3) is 0 Å². The van der Waals surface area contributed by atoms with Gasteiger partial charge in [-0.05, 0) is 17.4 Å². The standard InChI is InChI=1S/C10H14BIO2/c1-2-3-10(12)8-4-6-9(7-5-8)11(13)14/h4-7,10,13-14H,2-3H2,1H3. The zero-order valence-corrected chi connectivity index (χ0v) is 10.3. The van der Waals surface area contributed by atoms with Crippen molar-refractivity contribution in [1.82, 2.24) is 0 Å². The Labute approximate surface area is 98.6 Å². The normalized spacial score (nSPS) is 12.6. The molecule has 0 spiro atoms. The number of rotatable bonds is 4. The van der Waals surface area contributed by atoms with Gasteiger partial charge in [-0.25, -0.2) is 0 Å². The van der Waals surface area contributed by atoms with Crippen molar-refractivity contribution in [3.05, 3.63) is 29.8 Å².